The average Bonchev–Trinajstić information content (AvgIpc) is 2.52. The number of carbonyl (C=O) groups excluding carboxylic acids is 1. The monoisotopic (exact) mass is 348 g/mol. The zero-order valence-corrected chi connectivity index (χ0v) is 13.6. The van der Waals surface area contributed by atoms with E-state index in [-0.39, 0.29) is 0 Å². The lowest BCUT2D eigenvalue weighted by Gasteiger charge is -2.30. The Morgan fingerprint density at radius 1 is 1.26 bits per heavy atom. The molecule has 0 aliphatic carbocycles. The number of rotatable bonds is 3. The number of alkyl halides is 3. The molecular weight excluding hydrogens is 329 g/mol. The Morgan fingerprint density at radius 2 is 1.83 bits per heavy atom. The van der Waals surface area contributed by atoms with Crippen molar-refractivity contribution in [1.29, 1.82) is 0 Å². The van der Waals surface area contributed by atoms with Crippen LogP contribution in [0.1, 0.15) is 19.8 Å². The second-order valence-corrected chi connectivity index (χ2v) is 7.88. The second-order valence-electron chi connectivity index (χ2n) is 5.64. The summed E-state index contributed by atoms with van der Waals surface area (Å²) in [4.78, 5) is 13.1. The zero-order chi connectivity index (χ0) is 17.1. The largest absolute Gasteiger partial charge is 0.483 e. The van der Waals surface area contributed by atoms with E-state index in [1.807, 2.05) is 0 Å². The number of nitrogens with zero attached hydrogens (tertiary/aromatic N) is 2. The summed E-state index contributed by atoms with van der Waals surface area (Å²) in [6.07, 6.45) is 1.64. The van der Waals surface area contributed by atoms with Gasteiger partial charge in [0.1, 0.15) is 6.54 Å². The van der Waals surface area contributed by atoms with Crippen LogP contribution in [-0.4, -0.2) is 40.2 Å². The van der Waals surface area contributed by atoms with E-state index in [2.05, 4.69) is 11.3 Å². The molecule has 2 rings (SSSR count). The molecule has 23 heavy (non-hydrogen) atoms. The van der Waals surface area contributed by atoms with Crippen molar-refractivity contribution in [2.75, 3.05) is 19.6 Å². The summed E-state index contributed by atoms with van der Waals surface area (Å²) in [5.41, 5.74) is -5.02. The number of carbonyl (C=O) groups is 1. The first kappa shape index (κ1) is 17.8. The Morgan fingerprint density at radius 3 is 2.35 bits per heavy atom. The van der Waals surface area contributed by atoms with Crippen molar-refractivity contribution in [2.45, 2.75) is 30.2 Å². The van der Waals surface area contributed by atoms with Gasteiger partial charge in [0.2, 0.25) is 5.91 Å². The molecule has 1 aliphatic heterocycles. The lowest BCUT2D eigenvalue weighted by atomic mass is 9.99. The summed E-state index contributed by atoms with van der Waals surface area (Å²) in [6, 6.07) is 6.49. The molecule has 1 amide bonds. The van der Waals surface area contributed by atoms with Crippen LogP contribution in [0.4, 0.5) is 13.2 Å². The summed E-state index contributed by atoms with van der Waals surface area (Å²) in [7, 11) is -4.65. The van der Waals surface area contributed by atoms with Crippen molar-refractivity contribution >= 4 is 15.6 Å². The first-order valence-electron chi connectivity index (χ1n) is 7.36. The number of hydrogen-bond donors (Lipinski definition) is 0. The molecule has 0 saturated carbocycles. The Kier molecular flexibility index (Phi) is 5.33. The summed E-state index contributed by atoms with van der Waals surface area (Å²) in [5, 5.41) is 0. The molecule has 8 heteroatoms. The SMILES string of the molecule is CC1CCN(C(=O)CN=S(=O)(c2ccccc2)C(F)(F)F)CC1. The molecule has 1 fully saturated rings. The number of likely N-dealkylation sites (tertiary alicyclic amines) is 1. The molecule has 0 spiro atoms. The number of hydrogen-bond acceptors (Lipinski definition) is 3. The maximum atomic E-state index is 13.2. The third-order valence-corrected chi connectivity index (χ3v) is 5.93. The van der Waals surface area contributed by atoms with Gasteiger partial charge in [0.25, 0.3) is 0 Å². The molecule has 4 nitrogen and oxygen atoms in total. The Hall–Kier alpha value is -1.57. The molecular formula is C15H19F3N2O2S. The van der Waals surface area contributed by atoms with Crippen molar-refractivity contribution < 1.29 is 22.2 Å². The van der Waals surface area contributed by atoms with E-state index in [9.17, 15) is 22.2 Å². The zero-order valence-electron chi connectivity index (χ0n) is 12.8. The van der Waals surface area contributed by atoms with Gasteiger partial charge in [-0.05, 0) is 30.9 Å². The van der Waals surface area contributed by atoms with Gasteiger partial charge in [-0.2, -0.15) is 13.2 Å². The molecule has 128 valence electrons. The van der Waals surface area contributed by atoms with E-state index in [0.717, 1.165) is 25.0 Å². The minimum absolute atomic E-state index is 0.424. The molecule has 1 aliphatic rings. The smallest absolute Gasteiger partial charge is 0.341 e. The van der Waals surface area contributed by atoms with Crippen LogP contribution in [0.15, 0.2) is 39.6 Å². The van der Waals surface area contributed by atoms with Crippen LogP contribution in [0.2, 0.25) is 0 Å². The van der Waals surface area contributed by atoms with Crippen LogP contribution in [0.25, 0.3) is 0 Å². The Bertz CT molecular complexity index is 659. The Balaban J connectivity index is 2.22. The summed E-state index contributed by atoms with van der Waals surface area (Å²) in [6.45, 7) is 2.36. The molecule has 1 heterocycles. The van der Waals surface area contributed by atoms with E-state index in [4.69, 9.17) is 0 Å². The van der Waals surface area contributed by atoms with Crippen LogP contribution in [0.5, 0.6) is 0 Å². The third-order valence-electron chi connectivity index (χ3n) is 3.89. The molecule has 1 aromatic rings. The number of benzene rings is 1. The molecule has 1 aromatic carbocycles. The van der Waals surface area contributed by atoms with Crippen molar-refractivity contribution in [1.82, 2.24) is 4.90 Å². The molecule has 0 aromatic heterocycles. The maximum absolute atomic E-state index is 13.2. The van der Waals surface area contributed by atoms with Crippen LogP contribution in [0, 0.1) is 5.92 Å². The van der Waals surface area contributed by atoms with Crippen molar-refractivity contribution in [3.63, 3.8) is 0 Å². The first-order valence-corrected chi connectivity index (χ1v) is 8.87. The number of piperidine rings is 1. The van der Waals surface area contributed by atoms with Gasteiger partial charge in [-0.15, -0.1) is 0 Å². The summed E-state index contributed by atoms with van der Waals surface area (Å²) >= 11 is 0. The third kappa shape index (κ3) is 4.04. The van der Waals surface area contributed by atoms with Crippen molar-refractivity contribution in [2.24, 2.45) is 10.3 Å². The lowest BCUT2D eigenvalue weighted by Crippen LogP contribution is -2.39. The standard InChI is InChI=1S/C15H19F3N2O2S/c1-12-7-9-20(10-8-12)14(21)11-19-23(22,15(16,17)18)13-5-3-2-4-6-13/h2-6,12H,7-11H2,1H3. The molecule has 1 atom stereocenters. The van der Waals surface area contributed by atoms with Gasteiger partial charge in [0.05, 0.1) is 4.90 Å². The fraction of sp³-hybridized carbons (Fsp3) is 0.533. The highest BCUT2D eigenvalue weighted by Gasteiger charge is 2.44. The molecule has 1 unspecified atom stereocenters. The summed E-state index contributed by atoms with van der Waals surface area (Å²) < 4.78 is 55.4. The quantitative estimate of drug-likeness (QED) is 0.842. The highest BCUT2D eigenvalue weighted by molar-refractivity contribution is 7.94. The summed E-state index contributed by atoms with van der Waals surface area (Å²) in [5.74, 6) is -0.00971. The highest BCUT2D eigenvalue weighted by atomic mass is 32.2. The fourth-order valence-electron chi connectivity index (χ4n) is 2.39. The topological polar surface area (TPSA) is 49.7 Å². The normalized spacial score (nSPS) is 19.2. The van der Waals surface area contributed by atoms with Crippen LogP contribution in [0.3, 0.4) is 0 Å². The Labute approximate surface area is 133 Å². The first-order chi connectivity index (χ1) is 10.7. The molecule has 0 radical (unpaired) electrons. The fourth-order valence-corrected chi connectivity index (χ4v) is 3.77. The van der Waals surface area contributed by atoms with Gasteiger partial charge in [0.15, 0.2) is 9.73 Å². The average molecular weight is 348 g/mol. The van der Waals surface area contributed by atoms with Gasteiger partial charge in [-0.25, -0.2) is 8.57 Å². The lowest BCUT2D eigenvalue weighted by molar-refractivity contribution is -0.130. The second kappa shape index (κ2) is 6.90. The van der Waals surface area contributed by atoms with Crippen LogP contribution < -0.4 is 0 Å². The van der Waals surface area contributed by atoms with E-state index in [0.29, 0.717) is 19.0 Å². The van der Waals surface area contributed by atoms with E-state index in [1.54, 1.807) is 0 Å². The van der Waals surface area contributed by atoms with Crippen LogP contribution >= 0.6 is 0 Å². The minimum Gasteiger partial charge on any atom is -0.341 e. The predicted octanol–water partition coefficient (Wildman–Crippen LogP) is 3.29. The maximum Gasteiger partial charge on any atom is 0.483 e. The van der Waals surface area contributed by atoms with Gasteiger partial charge in [-0.1, -0.05) is 25.1 Å². The highest BCUT2D eigenvalue weighted by Crippen LogP contribution is 2.32. The van der Waals surface area contributed by atoms with E-state index in [1.165, 1.54) is 23.1 Å². The van der Waals surface area contributed by atoms with Gasteiger partial charge >= 0.3 is 5.51 Å². The number of halogens is 3. The number of amides is 1. The molecule has 0 N–H and O–H groups in total. The van der Waals surface area contributed by atoms with Crippen LogP contribution in [-0.2, 0) is 14.5 Å². The predicted molar refractivity (Wildman–Crippen MR) is 81.2 cm³/mol. The van der Waals surface area contributed by atoms with Crippen molar-refractivity contribution in [3.05, 3.63) is 30.3 Å². The molecule has 1 saturated heterocycles. The van der Waals surface area contributed by atoms with E-state index < -0.39 is 32.6 Å². The minimum atomic E-state index is -5.02. The van der Waals surface area contributed by atoms with Gasteiger partial charge in [-0.3, -0.25) is 4.79 Å². The van der Waals surface area contributed by atoms with E-state index >= 15 is 0 Å². The van der Waals surface area contributed by atoms with Gasteiger partial charge < -0.3 is 4.90 Å². The molecule has 0 bridgehead atoms. The van der Waals surface area contributed by atoms with Crippen molar-refractivity contribution in [3.8, 4) is 0 Å². The van der Waals surface area contributed by atoms with Gasteiger partial charge in [0, 0.05) is 13.1 Å².